The molecule has 108 valence electrons. The van der Waals surface area contributed by atoms with Crippen LogP contribution in [-0.2, 0) is 6.42 Å². The average Bonchev–Trinajstić information content (AvgIpc) is 3.02. The molecular weight excluding hydrogens is 250 g/mol. The molecule has 2 aromatic rings. The van der Waals surface area contributed by atoms with E-state index in [0.29, 0.717) is 0 Å². The molecule has 0 fully saturated rings. The Hall–Kier alpha value is -1.74. The van der Waals surface area contributed by atoms with E-state index in [1.807, 2.05) is 24.3 Å². The van der Waals surface area contributed by atoms with Crippen molar-refractivity contribution in [2.75, 3.05) is 13.7 Å². The van der Waals surface area contributed by atoms with Gasteiger partial charge in [0.2, 0.25) is 0 Å². The van der Waals surface area contributed by atoms with Crippen LogP contribution in [0.1, 0.15) is 37.1 Å². The number of nitrogens with one attached hydrogen (secondary N) is 1. The van der Waals surface area contributed by atoms with E-state index >= 15 is 0 Å². The second kappa shape index (κ2) is 7.75. The van der Waals surface area contributed by atoms with Crippen LogP contribution in [0, 0.1) is 0 Å². The predicted molar refractivity (Wildman–Crippen MR) is 81.1 cm³/mol. The van der Waals surface area contributed by atoms with Crippen molar-refractivity contribution < 1.29 is 9.15 Å². The van der Waals surface area contributed by atoms with Gasteiger partial charge in [-0.3, -0.25) is 0 Å². The van der Waals surface area contributed by atoms with Gasteiger partial charge in [-0.1, -0.05) is 19.1 Å². The van der Waals surface area contributed by atoms with E-state index in [4.69, 9.17) is 9.15 Å². The molecule has 0 aliphatic rings. The Bertz CT molecular complexity index is 476. The van der Waals surface area contributed by atoms with E-state index in [9.17, 15) is 0 Å². The summed E-state index contributed by atoms with van der Waals surface area (Å²) in [6, 6.07) is 12.5. The van der Waals surface area contributed by atoms with E-state index in [1.54, 1.807) is 13.4 Å². The highest BCUT2D eigenvalue weighted by Crippen LogP contribution is 2.21. The summed E-state index contributed by atoms with van der Waals surface area (Å²) in [6.07, 6.45) is 4.91. The summed E-state index contributed by atoms with van der Waals surface area (Å²) in [5.74, 6) is 1.92. The zero-order valence-corrected chi connectivity index (χ0v) is 12.3. The van der Waals surface area contributed by atoms with E-state index in [0.717, 1.165) is 37.3 Å². The van der Waals surface area contributed by atoms with E-state index in [2.05, 4.69) is 24.4 Å². The number of ether oxygens (including phenoxy) is 1. The number of benzene rings is 1. The van der Waals surface area contributed by atoms with Crippen LogP contribution in [0.2, 0.25) is 0 Å². The maximum absolute atomic E-state index is 5.54. The molecule has 1 unspecified atom stereocenters. The van der Waals surface area contributed by atoms with Crippen molar-refractivity contribution in [1.82, 2.24) is 5.32 Å². The minimum Gasteiger partial charge on any atom is -0.497 e. The molecule has 0 saturated carbocycles. The van der Waals surface area contributed by atoms with Crippen LogP contribution >= 0.6 is 0 Å². The number of aryl methyl sites for hydroxylation is 1. The van der Waals surface area contributed by atoms with Gasteiger partial charge in [0, 0.05) is 0 Å². The Morgan fingerprint density at radius 2 is 2.00 bits per heavy atom. The molecule has 1 heterocycles. The summed E-state index contributed by atoms with van der Waals surface area (Å²) in [4.78, 5) is 0. The molecule has 0 radical (unpaired) electrons. The number of hydrogen-bond donors (Lipinski definition) is 1. The monoisotopic (exact) mass is 273 g/mol. The second-order valence-corrected chi connectivity index (χ2v) is 4.91. The van der Waals surface area contributed by atoms with Crippen molar-refractivity contribution in [2.24, 2.45) is 0 Å². The smallest absolute Gasteiger partial charge is 0.120 e. The van der Waals surface area contributed by atoms with Gasteiger partial charge in [0.25, 0.3) is 0 Å². The minimum atomic E-state index is 0.284. The van der Waals surface area contributed by atoms with Gasteiger partial charge in [0.15, 0.2) is 0 Å². The van der Waals surface area contributed by atoms with Gasteiger partial charge >= 0.3 is 0 Å². The van der Waals surface area contributed by atoms with E-state index in [1.165, 1.54) is 5.56 Å². The first kappa shape index (κ1) is 14.7. The molecule has 1 aromatic heterocycles. The van der Waals surface area contributed by atoms with Gasteiger partial charge in [0.05, 0.1) is 19.4 Å². The Balaban J connectivity index is 1.93. The largest absolute Gasteiger partial charge is 0.497 e. The maximum Gasteiger partial charge on any atom is 0.120 e. The van der Waals surface area contributed by atoms with Crippen LogP contribution in [0.15, 0.2) is 47.1 Å². The third-order valence-corrected chi connectivity index (χ3v) is 3.41. The summed E-state index contributed by atoms with van der Waals surface area (Å²) in [5.41, 5.74) is 1.32. The summed E-state index contributed by atoms with van der Waals surface area (Å²) >= 11 is 0. The standard InChI is InChI=1S/C17H23NO2/c1-3-12-18-16(17-5-4-13-20-17)11-8-14-6-9-15(19-2)10-7-14/h4-7,9-10,13,16,18H,3,8,11-12H2,1-2H3. The fourth-order valence-electron chi connectivity index (χ4n) is 2.26. The lowest BCUT2D eigenvalue weighted by Gasteiger charge is -2.16. The normalized spacial score (nSPS) is 12.3. The molecule has 1 aromatic carbocycles. The fraction of sp³-hybridized carbons (Fsp3) is 0.412. The van der Waals surface area contributed by atoms with Crippen LogP contribution in [0.4, 0.5) is 0 Å². The topological polar surface area (TPSA) is 34.4 Å². The molecule has 1 N–H and O–H groups in total. The van der Waals surface area contributed by atoms with Crippen LogP contribution in [0.3, 0.4) is 0 Å². The van der Waals surface area contributed by atoms with Crippen molar-refractivity contribution in [1.29, 1.82) is 0 Å². The molecule has 0 aliphatic carbocycles. The molecular formula is C17H23NO2. The number of methoxy groups -OCH3 is 1. The highest BCUT2D eigenvalue weighted by atomic mass is 16.5. The first-order valence-corrected chi connectivity index (χ1v) is 7.23. The van der Waals surface area contributed by atoms with Gasteiger partial charge in [-0.05, 0) is 55.6 Å². The first-order valence-electron chi connectivity index (χ1n) is 7.23. The molecule has 3 nitrogen and oxygen atoms in total. The lowest BCUT2D eigenvalue weighted by Crippen LogP contribution is -2.22. The third kappa shape index (κ3) is 4.14. The van der Waals surface area contributed by atoms with Gasteiger partial charge in [0.1, 0.15) is 11.5 Å². The molecule has 0 aliphatic heterocycles. The summed E-state index contributed by atoms with van der Waals surface area (Å²) in [5, 5.41) is 3.55. The van der Waals surface area contributed by atoms with E-state index in [-0.39, 0.29) is 6.04 Å². The third-order valence-electron chi connectivity index (χ3n) is 3.41. The lowest BCUT2D eigenvalue weighted by molar-refractivity contribution is 0.395. The number of rotatable bonds is 8. The van der Waals surface area contributed by atoms with Crippen LogP contribution in [0.25, 0.3) is 0 Å². The van der Waals surface area contributed by atoms with Gasteiger partial charge < -0.3 is 14.5 Å². The Morgan fingerprint density at radius 3 is 2.60 bits per heavy atom. The fourth-order valence-corrected chi connectivity index (χ4v) is 2.26. The highest BCUT2D eigenvalue weighted by molar-refractivity contribution is 5.27. The van der Waals surface area contributed by atoms with Gasteiger partial charge in [-0.2, -0.15) is 0 Å². The molecule has 0 spiro atoms. The zero-order valence-electron chi connectivity index (χ0n) is 12.3. The molecule has 0 bridgehead atoms. The SMILES string of the molecule is CCCNC(CCc1ccc(OC)cc1)c1ccco1. The van der Waals surface area contributed by atoms with Gasteiger partial charge in [-0.25, -0.2) is 0 Å². The molecule has 1 atom stereocenters. The van der Waals surface area contributed by atoms with Gasteiger partial charge in [-0.15, -0.1) is 0 Å². The zero-order chi connectivity index (χ0) is 14.2. The van der Waals surface area contributed by atoms with E-state index < -0.39 is 0 Å². The Labute approximate surface area is 121 Å². The van der Waals surface area contributed by atoms with Crippen molar-refractivity contribution in [3.63, 3.8) is 0 Å². The van der Waals surface area contributed by atoms with Crippen molar-refractivity contribution in [2.45, 2.75) is 32.2 Å². The molecule has 2 rings (SSSR count). The average molecular weight is 273 g/mol. The number of furan rings is 1. The molecule has 0 saturated heterocycles. The van der Waals surface area contributed by atoms with Crippen LogP contribution in [0.5, 0.6) is 5.75 Å². The van der Waals surface area contributed by atoms with Crippen molar-refractivity contribution >= 4 is 0 Å². The highest BCUT2D eigenvalue weighted by Gasteiger charge is 2.13. The predicted octanol–water partition coefficient (Wildman–Crippen LogP) is 3.96. The molecule has 0 amide bonds. The quantitative estimate of drug-likeness (QED) is 0.790. The Morgan fingerprint density at radius 1 is 1.20 bits per heavy atom. The summed E-state index contributed by atoms with van der Waals surface area (Å²) in [6.45, 7) is 3.18. The minimum absolute atomic E-state index is 0.284. The van der Waals surface area contributed by atoms with Crippen molar-refractivity contribution in [3.05, 3.63) is 54.0 Å². The molecule has 20 heavy (non-hydrogen) atoms. The maximum atomic E-state index is 5.54. The number of hydrogen-bond acceptors (Lipinski definition) is 3. The van der Waals surface area contributed by atoms with Crippen molar-refractivity contribution in [3.8, 4) is 5.75 Å². The van der Waals surface area contributed by atoms with Crippen LogP contribution in [-0.4, -0.2) is 13.7 Å². The second-order valence-electron chi connectivity index (χ2n) is 4.91. The summed E-state index contributed by atoms with van der Waals surface area (Å²) in [7, 11) is 1.69. The molecule has 3 heteroatoms. The van der Waals surface area contributed by atoms with Crippen LogP contribution < -0.4 is 10.1 Å². The first-order chi connectivity index (χ1) is 9.83. The Kier molecular flexibility index (Phi) is 5.69. The summed E-state index contributed by atoms with van der Waals surface area (Å²) < 4.78 is 10.7. The lowest BCUT2D eigenvalue weighted by atomic mass is 10.0.